The smallest absolute Gasteiger partial charge is 0.138 e. The maximum atomic E-state index is 11.7. The number of rotatable bonds is 3. The first-order valence-corrected chi connectivity index (χ1v) is 5.66. The van der Waals surface area contributed by atoms with Crippen LogP contribution in [-0.4, -0.2) is 26.0 Å². The first-order chi connectivity index (χ1) is 7.81. The molecule has 0 amide bonds. The zero-order valence-corrected chi connectivity index (χ0v) is 9.53. The summed E-state index contributed by atoms with van der Waals surface area (Å²) < 4.78 is 5.29. The van der Waals surface area contributed by atoms with Crippen LogP contribution in [0.5, 0.6) is 5.75 Å². The number of piperidine rings is 1. The first kappa shape index (κ1) is 11.1. The zero-order chi connectivity index (χ0) is 11.4. The Morgan fingerprint density at radius 1 is 1.44 bits per heavy atom. The fraction of sp³-hybridized carbons (Fsp3) is 0.462. The number of ether oxygens (including phenoxy) is 1. The predicted molar refractivity (Wildman–Crippen MR) is 62.7 cm³/mol. The van der Waals surface area contributed by atoms with Crippen LogP contribution < -0.4 is 10.1 Å². The number of methoxy groups -OCH3 is 1. The molecule has 3 nitrogen and oxygen atoms in total. The summed E-state index contributed by atoms with van der Waals surface area (Å²) in [7, 11) is 1.67. The Balaban J connectivity index is 2.10. The van der Waals surface area contributed by atoms with Crippen LogP contribution in [0.2, 0.25) is 0 Å². The number of carbonyl (C=O) groups excluding carboxylic acids is 1. The van der Waals surface area contributed by atoms with Gasteiger partial charge in [0.15, 0.2) is 0 Å². The highest BCUT2D eigenvalue weighted by atomic mass is 16.5. The van der Waals surface area contributed by atoms with Gasteiger partial charge in [0.25, 0.3) is 0 Å². The van der Waals surface area contributed by atoms with Crippen molar-refractivity contribution in [2.24, 2.45) is 5.92 Å². The van der Waals surface area contributed by atoms with Crippen molar-refractivity contribution in [3.05, 3.63) is 29.8 Å². The lowest BCUT2D eigenvalue weighted by Crippen LogP contribution is -2.37. The van der Waals surface area contributed by atoms with Gasteiger partial charge in [-0.05, 0) is 18.1 Å². The molecule has 1 saturated heterocycles. The second-order valence-corrected chi connectivity index (χ2v) is 4.13. The molecule has 86 valence electrons. The van der Waals surface area contributed by atoms with E-state index in [1.54, 1.807) is 7.11 Å². The molecule has 1 N–H and O–H groups in total. The minimum absolute atomic E-state index is 0.102. The molecule has 16 heavy (non-hydrogen) atoms. The van der Waals surface area contributed by atoms with E-state index in [1.165, 1.54) is 0 Å². The Labute approximate surface area is 95.8 Å². The molecular formula is C13H17NO2. The molecule has 3 heteroatoms. The third kappa shape index (κ3) is 2.42. The van der Waals surface area contributed by atoms with E-state index in [4.69, 9.17) is 4.74 Å². The average Bonchev–Trinajstić information content (AvgIpc) is 2.33. The summed E-state index contributed by atoms with van der Waals surface area (Å²) in [6.07, 6.45) is 1.43. The molecule has 0 bridgehead atoms. The molecule has 1 aliphatic rings. The summed E-state index contributed by atoms with van der Waals surface area (Å²) in [5.74, 6) is 1.34. The van der Waals surface area contributed by atoms with Crippen LogP contribution in [0.15, 0.2) is 24.3 Å². The lowest BCUT2D eigenvalue weighted by Gasteiger charge is -2.22. The lowest BCUT2D eigenvalue weighted by molar-refractivity contribution is -0.123. The maximum Gasteiger partial charge on any atom is 0.138 e. The number of hydrogen-bond donors (Lipinski definition) is 1. The maximum absolute atomic E-state index is 11.7. The highest BCUT2D eigenvalue weighted by Crippen LogP contribution is 2.22. The van der Waals surface area contributed by atoms with E-state index >= 15 is 0 Å². The third-order valence-electron chi connectivity index (χ3n) is 3.05. The van der Waals surface area contributed by atoms with Crippen molar-refractivity contribution in [1.82, 2.24) is 5.32 Å². The number of benzene rings is 1. The van der Waals surface area contributed by atoms with Crippen LogP contribution in [0.4, 0.5) is 0 Å². The van der Waals surface area contributed by atoms with Gasteiger partial charge in [-0.15, -0.1) is 0 Å². The van der Waals surface area contributed by atoms with Gasteiger partial charge in [-0.2, -0.15) is 0 Å². The van der Waals surface area contributed by atoms with Gasteiger partial charge in [-0.1, -0.05) is 18.2 Å². The largest absolute Gasteiger partial charge is 0.496 e. The molecule has 0 radical (unpaired) electrons. The molecule has 0 spiro atoms. The van der Waals surface area contributed by atoms with Crippen LogP contribution in [0.1, 0.15) is 12.0 Å². The highest BCUT2D eigenvalue weighted by Gasteiger charge is 2.22. The van der Waals surface area contributed by atoms with Gasteiger partial charge in [0.1, 0.15) is 11.5 Å². The topological polar surface area (TPSA) is 38.3 Å². The highest BCUT2D eigenvalue weighted by molar-refractivity contribution is 5.82. The summed E-state index contributed by atoms with van der Waals surface area (Å²) in [6.45, 7) is 1.61. The number of Topliss-reactive ketones (excluding diaryl/α,β-unsaturated/α-hetero) is 1. The minimum Gasteiger partial charge on any atom is -0.496 e. The Morgan fingerprint density at radius 2 is 2.25 bits per heavy atom. The van der Waals surface area contributed by atoms with Gasteiger partial charge in [-0.3, -0.25) is 4.79 Å². The summed E-state index contributed by atoms with van der Waals surface area (Å²) in [5.41, 5.74) is 1.12. The number of carbonyl (C=O) groups is 1. The molecule has 1 heterocycles. The molecule has 1 fully saturated rings. The van der Waals surface area contributed by atoms with E-state index in [0.717, 1.165) is 30.8 Å². The van der Waals surface area contributed by atoms with Crippen LogP contribution in [-0.2, 0) is 11.2 Å². The second kappa shape index (κ2) is 5.12. The van der Waals surface area contributed by atoms with Crippen molar-refractivity contribution < 1.29 is 9.53 Å². The summed E-state index contributed by atoms with van der Waals surface area (Å²) in [6, 6.07) is 7.90. The molecule has 1 aromatic rings. The monoisotopic (exact) mass is 219 g/mol. The van der Waals surface area contributed by atoms with Gasteiger partial charge in [0, 0.05) is 25.4 Å². The van der Waals surface area contributed by atoms with Gasteiger partial charge in [0.05, 0.1) is 7.11 Å². The number of nitrogens with one attached hydrogen (secondary N) is 1. The fourth-order valence-corrected chi connectivity index (χ4v) is 2.13. The van der Waals surface area contributed by atoms with Crippen molar-refractivity contribution in [2.75, 3.05) is 20.2 Å². The molecule has 1 unspecified atom stereocenters. The van der Waals surface area contributed by atoms with Crippen molar-refractivity contribution in [2.45, 2.75) is 12.8 Å². The van der Waals surface area contributed by atoms with E-state index in [1.807, 2.05) is 24.3 Å². The van der Waals surface area contributed by atoms with E-state index in [-0.39, 0.29) is 5.92 Å². The first-order valence-electron chi connectivity index (χ1n) is 5.66. The number of hydrogen-bond acceptors (Lipinski definition) is 3. The molecule has 1 aliphatic heterocycles. The normalized spacial score (nSPS) is 20.8. The fourth-order valence-electron chi connectivity index (χ4n) is 2.13. The van der Waals surface area contributed by atoms with Gasteiger partial charge in [-0.25, -0.2) is 0 Å². The van der Waals surface area contributed by atoms with Crippen molar-refractivity contribution in [3.8, 4) is 5.75 Å². The molecule has 0 aliphatic carbocycles. The minimum atomic E-state index is 0.102. The Kier molecular flexibility index (Phi) is 3.57. The van der Waals surface area contributed by atoms with E-state index in [2.05, 4.69) is 5.32 Å². The summed E-state index contributed by atoms with van der Waals surface area (Å²) in [5, 5.41) is 3.26. The summed E-state index contributed by atoms with van der Waals surface area (Å²) >= 11 is 0. The lowest BCUT2D eigenvalue weighted by atomic mass is 9.91. The predicted octanol–water partition coefficient (Wildman–Crippen LogP) is 1.42. The van der Waals surface area contributed by atoms with Crippen LogP contribution in [0, 0.1) is 5.92 Å². The summed E-state index contributed by atoms with van der Waals surface area (Å²) in [4.78, 5) is 11.7. The Morgan fingerprint density at radius 3 is 3.00 bits per heavy atom. The van der Waals surface area contributed by atoms with E-state index < -0.39 is 0 Å². The second-order valence-electron chi connectivity index (χ2n) is 4.13. The van der Waals surface area contributed by atoms with Gasteiger partial charge in [0.2, 0.25) is 0 Å². The van der Waals surface area contributed by atoms with Crippen molar-refractivity contribution in [1.29, 1.82) is 0 Å². The van der Waals surface area contributed by atoms with Crippen molar-refractivity contribution >= 4 is 5.78 Å². The van der Waals surface area contributed by atoms with Crippen LogP contribution in [0.25, 0.3) is 0 Å². The molecule has 1 aromatic carbocycles. The van der Waals surface area contributed by atoms with Gasteiger partial charge >= 0.3 is 0 Å². The average molecular weight is 219 g/mol. The Bertz CT molecular complexity index is 376. The van der Waals surface area contributed by atoms with Gasteiger partial charge < -0.3 is 10.1 Å². The molecule has 0 aromatic heterocycles. The Hall–Kier alpha value is -1.35. The molecule has 0 saturated carbocycles. The molecule has 2 rings (SSSR count). The van der Waals surface area contributed by atoms with Crippen LogP contribution in [0.3, 0.4) is 0 Å². The van der Waals surface area contributed by atoms with Crippen LogP contribution >= 0.6 is 0 Å². The number of ketones is 1. The quantitative estimate of drug-likeness (QED) is 0.835. The number of para-hydroxylation sites is 1. The SMILES string of the molecule is COc1ccccc1CC1CNCCC1=O. The van der Waals surface area contributed by atoms with E-state index in [9.17, 15) is 4.79 Å². The third-order valence-corrected chi connectivity index (χ3v) is 3.05. The molecular weight excluding hydrogens is 202 g/mol. The van der Waals surface area contributed by atoms with Crippen molar-refractivity contribution in [3.63, 3.8) is 0 Å². The molecule has 1 atom stereocenters. The standard InChI is InChI=1S/C13H17NO2/c1-16-13-5-3-2-4-10(13)8-11-9-14-7-6-12(11)15/h2-5,11,14H,6-9H2,1H3. The zero-order valence-electron chi connectivity index (χ0n) is 9.53. The van der Waals surface area contributed by atoms with E-state index in [0.29, 0.717) is 12.2 Å².